The average molecular weight is 243 g/mol. The normalized spacial score (nSPS) is 12.7. The Balaban J connectivity index is 1.87. The number of aromatic amines is 1. The lowest BCUT2D eigenvalue weighted by Crippen LogP contribution is -2.14. The van der Waals surface area contributed by atoms with Crippen LogP contribution in [0.4, 0.5) is 0 Å². The Morgan fingerprint density at radius 2 is 2.28 bits per heavy atom. The number of ether oxygens (including phenoxy) is 1. The van der Waals surface area contributed by atoms with E-state index in [4.69, 9.17) is 4.74 Å². The van der Waals surface area contributed by atoms with Gasteiger partial charge in [-0.15, -0.1) is 0 Å². The zero-order valence-corrected chi connectivity index (χ0v) is 10.5. The van der Waals surface area contributed by atoms with Gasteiger partial charge in [-0.1, -0.05) is 19.1 Å². The Hall–Kier alpha value is -1.81. The molecule has 0 spiro atoms. The van der Waals surface area contributed by atoms with Crippen molar-refractivity contribution in [3.63, 3.8) is 0 Å². The lowest BCUT2D eigenvalue weighted by molar-refractivity contribution is 0.297. The molecule has 0 unspecified atom stereocenters. The van der Waals surface area contributed by atoms with Gasteiger partial charge in [0.2, 0.25) is 0 Å². The first-order valence-corrected chi connectivity index (χ1v) is 6.39. The molecule has 1 aliphatic rings. The first-order valence-electron chi connectivity index (χ1n) is 6.39. The SMILES string of the molecule is CCCNCc1nc2c([nH]1)COc1ccccc1-2. The molecule has 0 radical (unpaired) electrons. The number of imidazole rings is 1. The van der Waals surface area contributed by atoms with E-state index in [0.717, 1.165) is 48.0 Å². The Morgan fingerprint density at radius 3 is 3.17 bits per heavy atom. The maximum Gasteiger partial charge on any atom is 0.130 e. The molecule has 0 saturated heterocycles. The fourth-order valence-corrected chi connectivity index (χ4v) is 2.20. The summed E-state index contributed by atoms with van der Waals surface area (Å²) in [6.07, 6.45) is 1.13. The monoisotopic (exact) mass is 243 g/mol. The van der Waals surface area contributed by atoms with Crippen molar-refractivity contribution in [3.8, 4) is 17.0 Å². The molecule has 1 aliphatic heterocycles. The van der Waals surface area contributed by atoms with E-state index < -0.39 is 0 Å². The van der Waals surface area contributed by atoms with E-state index in [0.29, 0.717) is 6.61 Å². The molecule has 4 heteroatoms. The topological polar surface area (TPSA) is 49.9 Å². The first kappa shape index (κ1) is 11.3. The van der Waals surface area contributed by atoms with Gasteiger partial charge in [0, 0.05) is 5.56 Å². The van der Waals surface area contributed by atoms with Crippen molar-refractivity contribution < 1.29 is 4.74 Å². The van der Waals surface area contributed by atoms with Gasteiger partial charge in [0.05, 0.1) is 17.9 Å². The van der Waals surface area contributed by atoms with Crippen LogP contribution in [0.25, 0.3) is 11.3 Å². The third kappa shape index (κ3) is 1.99. The van der Waals surface area contributed by atoms with Crippen LogP contribution in [-0.2, 0) is 13.2 Å². The van der Waals surface area contributed by atoms with Crippen molar-refractivity contribution in [3.05, 3.63) is 35.8 Å². The second kappa shape index (κ2) is 4.82. The predicted molar refractivity (Wildman–Crippen MR) is 70.4 cm³/mol. The third-order valence-corrected chi connectivity index (χ3v) is 3.06. The Kier molecular flexibility index (Phi) is 3.02. The zero-order chi connectivity index (χ0) is 12.4. The van der Waals surface area contributed by atoms with Gasteiger partial charge >= 0.3 is 0 Å². The second-order valence-electron chi connectivity index (χ2n) is 4.47. The van der Waals surface area contributed by atoms with Gasteiger partial charge in [-0.3, -0.25) is 0 Å². The van der Waals surface area contributed by atoms with Crippen molar-refractivity contribution >= 4 is 0 Å². The van der Waals surface area contributed by atoms with Crippen molar-refractivity contribution in [1.82, 2.24) is 15.3 Å². The van der Waals surface area contributed by atoms with Crippen LogP contribution in [0.5, 0.6) is 5.75 Å². The number of rotatable bonds is 4. The minimum atomic E-state index is 0.577. The molecule has 0 amide bonds. The van der Waals surface area contributed by atoms with E-state index in [1.807, 2.05) is 18.2 Å². The Labute approximate surface area is 106 Å². The molecular weight excluding hydrogens is 226 g/mol. The summed E-state index contributed by atoms with van der Waals surface area (Å²) >= 11 is 0. The summed E-state index contributed by atoms with van der Waals surface area (Å²) in [5.41, 5.74) is 3.18. The van der Waals surface area contributed by atoms with Crippen molar-refractivity contribution in [2.75, 3.05) is 6.54 Å². The summed E-state index contributed by atoms with van der Waals surface area (Å²) in [5.74, 6) is 1.90. The maximum absolute atomic E-state index is 5.70. The van der Waals surface area contributed by atoms with E-state index in [2.05, 4.69) is 28.3 Å². The highest BCUT2D eigenvalue weighted by molar-refractivity contribution is 5.70. The van der Waals surface area contributed by atoms with Crippen LogP contribution >= 0.6 is 0 Å². The molecule has 0 saturated carbocycles. The molecule has 4 nitrogen and oxygen atoms in total. The Morgan fingerprint density at radius 1 is 1.39 bits per heavy atom. The van der Waals surface area contributed by atoms with Gasteiger partial charge in [0.1, 0.15) is 18.2 Å². The standard InChI is InChI=1S/C14H17N3O/c1-2-7-15-8-13-16-11-9-18-12-6-4-3-5-10(12)14(11)17-13/h3-6,15H,2,7-9H2,1H3,(H,16,17). The van der Waals surface area contributed by atoms with Crippen LogP contribution in [0.3, 0.4) is 0 Å². The van der Waals surface area contributed by atoms with Gasteiger partial charge in [0.25, 0.3) is 0 Å². The summed E-state index contributed by atoms with van der Waals surface area (Å²) in [6, 6.07) is 8.04. The predicted octanol–water partition coefficient (Wildman–Crippen LogP) is 2.47. The van der Waals surface area contributed by atoms with Gasteiger partial charge in [-0.25, -0.2) is 4.98 Å². The zero-order valence-electron chi connectivity index (χ0n) is 10.5. The molecular formula is C14H17N3O. The second-order valence-corrected chi connectivity index (χ2v) is 4.47. The number of benzene rings is 1. The molecule has 0 bridgehead atoms. The number of hydrogen-bond acceptors (Lipinski definition) is 3. The molecule has 1 aromatic carbocycles. The van der Waals surface area contributed by atoms with E-state index in [-0.39, 0.29) is 0 Å². The summed E-state index contributed by atoms with van der Waals surface area (Å²) in [4.78, 5) is 8.00. The highest BCUT2D eigenvalue weighted by atomic mass is 16.5. The average Bonchev–Trinajstić information content (AvgIpc) is 2.82. The third-order valence-electron chi connectivity index (χ3n) is 3.06. The van der Waals surface area contributed by atoms with Gasteiger partial charge in [0.15, 0.2) is 0 Å². The summed E-state index contributed by atoms with van der Waals surface area (Å²) in [5, 5.41) is 3.35. The molecule has 0 aliphatic carbocycles. The molecule has 3 rings (SSSR count). The highest BCUT2D eigenvalue weighted by Gasteiger charge is 2.20. The first-order chi connectivity index (χ1) is 8.88. The number of H-pyrrole nitrogens is 1. The van der Waals surface area contributed by atoms with E-state index >= 15 is 0 Å². The molecule has 0 atom stereocenters. The number of nitrogens with zero attached hydrogens (tertiary/aromatic N) is 1. The molecule has 2 N–H and O–H groups in total. The fourth-order valence-electron chi connectivity index (χ4n) is 2.20. The molecule has 2 aromatic rings. The quantitative estimate of drug-likeness (QED) is 0.811. The van der Waals surface area contributed by atoms with Crippen molar-refractivity contribution in [2.45, 2.75) is 26.5 Å². The van der Waals surface area contributed by atoms with Crippen LogP contribution in [0.2, 0.25) is 0 Å². The summed E-state index contributed by atoms with van der Waals surface area (Å²) < 4.78 is 5.70. The minimum Gasteiger partial charge on any atom is -0.487 e. The fraction of sp³-hybridized carbons (Fsp3) is 0.357. The van der Waals surface area contributed by atoms with Crippen LogP contribution in [0.15, 0.2) is 24.3 Å². The molecule has 18 heavy (non-hydrogen) atoms. The number of fused-ring (bicyclic) bond motifs is 3. The number of nitrogens with one attached hydrogen (secondary N) is 2. The summed E-state index contributed by atoms with van der Waals surface area (Å²) in [6.45, 7) is 4.53. The van der Waals surface area contributed by atoms with Crippen LogP contribution < -0.4 is 10.1 Å². The lowest BCUT2D eigenvalue weighted by atomic mass is 10.1. The highest BCUT2D eigenvalue weighted by Crippen LogP contribution is 2.35. The molecule has 0 fully saturated rings. The van der Waals surface area contributed by atoms with E-state index in [9.17, 15) is 0 Å². The maximum atomic E-state index is 5.70. The molecule has 94 valence electrons. The van der Waals surface area contributed by atoms with Crippen molar-refractivity contribution in [2.24, 2.45) is 0 Å². The Bertz CT molecular complexity index is 548. The number of aromatic nitrogens is 2. The number of hydrogen-bond donors (Lipinski definition) is 2. The summed E-state index contributed by atoms with van der Waals surface area (Å²) in [7, 11) is 0. The molecule has 1 aromatic heterocycles. The minimum absolute atomic E-state index is 0.577. The van der Waals surface area contributed by atoms with Crippen LogP contribution in [-0.4, -0.2) is 16.5 Å². The van der Waals surface area contributed by atoms with E-state index in [1.54, 1.807) is 0 Å². The van der Waals surface area contributed by atoms with Gasteiger partial charge in [-0.2, -0.15) is 0 Å². The largest absolute Gasteiger partial charge is 0.487 e. The lowest BCUT2D eigenvalue weighted by Gasteiger charge is -2.15. The smallest absolute Gasteiger partial charge is 0.130 e. The molecule has 2 heterocycles. The van der Waals surface area contributed by atoms with Crippen molar-refractivity contribution in [1.29, 1.82) is 0 Å². The van der Waals surface area contributed by atoms with Crippen LogP contribution in [0, 0.1) is 0 Å². The van der Waals surface area contributed by atoms with E-state index in [1.165, 1.54) is 0 Å². The number of para-hydroxylation sites is 1. The van der Waals surface area contributed by atoms with Gasteiger partial charge in [-0.05, 0) is 25.1 Å². The van der Waals surface area contributed by atoms with Gasteiger partial charge < -0.3 is 15.0 Å². The van der Waals surface area contributed by atoms with Crippen LogP contribution in [0.1, 0.15) is 24.9 Å².